The third-order valence-electron chi connectivity index (χ3n) is 11.4. The van der Waals surface area contributed by atoms with Crippen LogP contribution in [-0.2, 0) is 44.7 Å². The summed E-state index contributed by atoms with van der Waals surface area (Å²) in [7, 11) is 0. The lowest BCUT2D eigenvalue weighted by atomic mass is 9.80. The molecule has 0 radical (unpaired) electrons. The zero-order chi connectivity index (χ0) is 37.6. The van der Waals surface area contributed by atoms with E-state index in [1.54, 1.807) is 0 Å². The fourth-order valence-corrected chi connectivity index (χ4v) is 14.9. The fourth-order valence-electron chi connectivity index (χ4n) is 8.53. The van der Waals surface area contributed by atoms with Crippen LogP contribution in [0.3, 0.4) is 0 Å². The maximum absolute atomic E-state index is 12.3. The Labute approximate surface area is 339 Å². The fraction of sp³-hybridized carbons (Fsp3) is 0.522. The Bertz CT molecular complexity index is 1720. The molecule has 0 bridgehead atoms. The van der Waals surface area contributed by atoms with Crippen LogP contribution in [0, 0.1) is 0 Å². The number of fused-ring (bicyclic) bond motifs is 6. The lowest BCUT2D eigenvalue weighted by Crippen LogP contribution is -2.28. The number of esters is 2. The van der Waals surface area contributed by atoms with Crippen molar-refractivity contribution in [2.24, 2.45) is 0 Å². The van der Waals surface area contributed by atoms with Gasteiger partial charge >= 0.3 is 11.9 Å². The van der Waals surface area contributed by atoms with E-state index in [1.165, 1.54) is 130 Å². The minimum absolute atomic E-state index is 0.220. The van der Waals surface area contributed by atoms with E-state index in [4.69, 9.17) is 9.47 Å². The molecular weight excluding hydrogens is 745 g/mol. The summed E-state index contributed by atoms with van der Waals surface area (Å²) in [5.74, 6) is 0.641. The van der Waals surface area contributed by atoms with Gasteiger partial charge in [0.05, 0.1) is 0 Å². The maximum Gasteiger partial charge on any atom is 0.303 e. The van der Waals surface area contributed by atoms with Gasteiger partial charge in [0.2, 0.25) is 0 Å². The largest absolute Gasteiger partial charge is 0.456 e. The molecule has 0 amide bonds. The summed E-state index contributed by atoms with van der Waals surface area (Å²) in [5.41, 5.74) is 5.21. The molecule has 4 aromatic rings. The summed E-state index contributed by atoms with van der Waals surface area (Å²) in [6, 6.07) is 22.6. The Morgan fingerprint density at radius 3 is 1.35 bits per heavy atom. The molecule has 4 nitrogen and oxygen atoms in total. The van der Waals surface area contributed by atoms with Gasteiger partial charge in [-0.2, -0.15) is 0 Å². The zero-order valence-corrected chi connectivity index (χ0v) is 35.7. The van der Waals surface area contributed by atoms with Gasteiger partial charge in [0.1, 0.15) is 12.2 Å². The van der Waals surface area contributed by atoms with Crippen LogP contribution in [0.2, 0.25) is 0 Å². The van der Waals surface area contributed by atoms with Crippen molar-refractivity contribution in [1.29, 1.82) is 0 Å². The smallest absolute Gasteiger partial charge is 0.303 e. The Kier molecular flexibility index (Phi) is 13.7. The molecule has 0 N–H and O–H groups in total. The van der Waals surface area contributed by atoms with Crippen LogP contribution in [0.15, 0.2) is 70.5 Å². The van der Waals surface area contributed by atoms with Gasteiger partial charge in [0, 0.05) is 78.3 Å². The Hall–Kier alpha value is -2.52. The number of ether oxygens (including phenoxy) is 2. The standard InChI is InChI=1S/C46H56O4S4/c1-5-7-9-11-13-31-15-19-33(20-16-31)23-37(49-29(3)47)41-27-43-45(53-41)35-25-40-36(26-39(35)51-43)46-44(52-40)28-42(54-46)38(50-30(4)48)24-34-21-17-32(18-22-34)14-12-10-8-6-2/h15-22,27-28,35-40H,5-14,23-26H2,1-4H3. The van der Waals surface area contributed by atoms with Crippen LogP contribution in [0.25, 0.3) is 0 Å². The van der Waals surface area contributed by atoms with Gasteiger partial charge < -0.3 is 9.47 Å². The molecule has 1 fully saturated rings. The Balaban J connectivity index is 0.991. The average molecular weight is 801 g/mol. The zero-order valence-electron chi connectivity index (χ0n) is 32.4. The number of carbonyl (C=O) groups excluding carboxylic acids is 2. The van der Waals surface area contributed by atoms with Crippen LogP contribution in [-0.4, -0.2) is 22.4 Å². The third-order valence-corrected chi connectivity index (χ3v) is 17.2. The van der Waals surface area contributed by atoms with Gasteiger partial charge in [-0.25, -0.2) is 0 Å². The normalized spacial score (nSPS) is 20.8. The molecule has 0 spiro atoms. The SMILES string of the molecule is CCCCCCc1ccc(CC(OC(C)=O)c2cc3c(s2)C2CC4Sc5cc(C(Cc6ccc(CCCCCC)cc6)OC(C)=O)sc5C4CC2S3)cc1. The molecule has 2 aliphatic heterocycles. The molecule has 7 rings (SSSR count). The number of unbranched alkanes of at least 4 members (excludes halogenated alkanes) is 6. The number of hydrogen-bond donors (Lipinski definition) is 0. The van der Waals surface area contributed by atoms with Crippen molar-refractivity contribution in [3.8, 4) is 0 Å². The number of carbonyl (C=O) groups is 2. The van der Waals surface area contributed by atoms with Crippen molar-refractivity contribution in [2.75, 3.05) is 0 Å². The summed E-state index contributed by atoms with van der Waals surface area (Å²) in [5, 5.41) is 1.14. The van der Waals surface area contributed by atoms with Crippen molar-refractivity contribution in [3.05, 3.63) is 102 Å². The molecule has 8 heteroatoms. The summed E-state index contributed by atoms with van der Waals surface area (Å²) in [6.45, 7) is 7.57. The molecule has 6 unspecified atom stereocenters. The predicted molar refractivity (Wildman–Crippen MR) is 228 cm³/mol. The molecule has 6 atom stereocenters. The molecule has 1 saturated carbocycles. The lowest BCUT2D eigenvalue weighted by molar-refractivity contribution is -0.147. The third kappa shape index (κ3) is 9.70. The van der Waals surface area contributed by atoms with Gasteiger partial charge in [-0.3, -0.25) is 9.59 Å². The first-order valence-electron chi connectivity index (χ1n) is 20.4. The van der Waals surface area contributed by atoms with Crippen molar-refractivity contribution in [3.63, 3.8) is 0 Å². The van der Waals surface area contributed by atoms with E-state index in [0.717, 1.165) is 12.8 Å². The summed E-state index contributed by atoms with van der Waals surface area (Å²) in [6.07, 6.45) is 15.7. The quantitative estimate of drug-likeness (QED) is 0.0738. The van der Waals surface area contributed by atoms with E-state index >= 15 is 0 Å². The second-order valence-electron chi connectivity index (χ2n) is 15.6. The number of benzene rings is 2. The van der Waals surface area contributed by atoms with Gasteiger partial charge in [0.15, 0.2) is 0 Å². The highest BCUT2D eigenvalue weighted by Crippen LogP contribution is 2.64. The van der Waals surface area contributed by atoms with Gasteiger partial charge in [-0.1, -0.05) is 101 Å². The second kappa shape index (κ2) is 18.6. The first-order chi connectivity index (χ1) is 26.3. The van der Waals surface area contributed by atoms with E-state index in [2.05, 4.69) is 74.5 Å². The van der Waals surface area contributed by atoms with E-state index in [9.17, 15) is 9.59 Å². The summed E-state index contributed by atoms with van der Waals surface area (Å²) in [4.78, 5) is 32.7. The Morgan fingerprint density at radius 2 is 0.981 bits per heavy atom. The van der Waals surface area contributed by atoms with Crippen LogP contribution in [0.1, 0.15) is 158 Å². The number of hydrogen-bond acceptors (Lipinski definition) is 8. The van der Waals surface area contributed by atoms with Crippen molar-refractivity contribution >= 4 is 58.1 Å². The predicted octanol–water partition coefficient (Wildman–Crippen LogP) is 13.4. The molecule has 0 saturated heterocycles. The highest BCUT2D eigenvalue weighted by atomic mass is 32.2. The first kappa shape index (κ1) is 39.7. The van der Waals surface area contributed by atoms with Crippen molar-refractivity contribution < 1.29 is 19.1 Å². The number of thiophene rings is 2. The van der Waals surface area contributed by atoms with E-state index < -0.39 is 0 Å². The van der Waals surface area contributed by atoms with E-state index in [0.29, 0.717) is 35.2 Å². The van der Waals surface area contributed by atoms with Crippen LogP contribution in [0.5, 0.6) is 0 Å². The van der Waals surface area contributed by atoms with Crippen LogP contribution < -0.4 is 0 Å². The molecule has 2 aromatic heterocycles. The monoisotopic (exact) mass is 800 g/mol. The molecule has 54 heavy (non-hydrogen) atoms. The second-order valence-corrected chi connectivity index (χ2v) is 20.4. The molecule has 4 heterocycles. The van der Waals surface area contributed by atoms with E-state index in [1.807, 2.05) is 46.2 Å². The minimum Gasteiger partial charge on any atom is -0.456 e. The van der Waals surface area contributed by atoms with Gasteiger partial charge in [-0.05, 0) is 72.9 Å². The Morgan fingerprint density at radius 1 is 0.593 bits per heavy atom. The van der Waals surface area contributed by atoms with Crippen LogP contribution in [0.4, 0.5) is 0 Å². The van der Waals surface area contributed by atoms with Crippen LogP contribution >= 0.6 is 46.2 Å². The van der Waals surface area contributed by atoms with Crippen molar-refractivity contribution in [2.45, 2.75) is 162 Å². The minimum atomic E-state index is -0.256. The topological polar surface area (TPSA) is 52.6 Å². The molecule has 288 valence electrons. The highest BCUT2D eigenvalue weighted by Gasteiger charge is 2.49. The molecule has 2 aromatic carbocycles. The molecule has 3 aliphatic rings. The van der Waals surface area contributed by atoms with Gasteiger partial charge in [-0.15, -0.1) is 46.2 Å². The summed E-state index contributed by atoms with van der Waals surface area (Å²) >= 11 is 7.86. The molecular formula is C46H56O4S4. The number of rotatable bonds is 18. The first-order valence-corrected chi connectivity index (χ1v) is 23.8. The number of aryl methyl sites for hydroxylation is 2. The highest BCUT2D eigenvalue weighted by molar-refractivity contribution is 8.01. The van der Waals surface area contributed by atoms with E-state index in [-0.39, 0.29) is 24.1 Å². The molecule has 1 aliphatic carbocycles. The average Bonchev–Trinajstić information content (AvgIpc) is 3.91. The summed E-state index contributed by atoms with van der Waals surface area (Å²) < 4.78 is 12.0. The maximum atomic E-state index is 12.3. The van der Waals surface area contributed by atoms with Crippen molar-refractivity contribution in [1.82, 2.24) is 0 Å². The lowest BCUT2D eigenvalue weighted by Gasteiger charge is -2.34. The van der Waals surface area contributed by atoms with Gasteiger partial charge in [0.25, 0.3) is 0 Å². The number of thioether (sulfide) groups is 2.